The molecule has 6 nitrogen and oxygen atoms in total. The van der Waals surface area contributed by atoms with Crippen LogP contribution in [0.4, 0.5) is 10.8 Å². The molecule has 0 radical (unpaired) electrons. The van der Waals surface area contributed by atoms with Crippen molar-refractivity contribution in [3.05, 3.63) is 45.3 Å². The molecule has 0 aliphatic carbocycles. The van der Waals surface area contributed by atoms with E-state index >= 15 is 0 Å². The molecule has 2 aromatic rings. The van der Waals surface area contributed by atoms with Crippen LogP contribution in [0.15, 0.2) is 28.5 Å². The average Bonchev–Trinajstić information content (AvgIpc) is 3.25. The van der Waals surface area contributed by atoms with Crippen molar-refractivity contribution in [1.29, 1.82) is 0 Å². The van der Waals surface area contributed by atoms with E-state index in [1.54, 1.807) is 23.0 Å². The molecule has 0 N–H and O–H groups in total. The van der Waals surface area contributed by atoms with E-state index in [2.05, 4.69) is 4.98 Å². The summed E-state index contributed by atoms with van der Waals surface area (Å²) in [6, 6.07) is 5.85. The summed E-state index contributed by atoms with van der Waals surface area (Å²) in [5.41, 5.74) is 3.57. The molecule has 1 aromatic carbocycles. The van der Waals surface area contributed by atoms with Crippen LogP contribution in [0.25, 0.3) is 6.08 Å². The van der Waals surface area contributed by atoms with E-state index in [1.807, 2.05) is 37.4 Å². The fraction of sp³-hybridized carbons (Fsp3) is 0.333. The van der Waals surface area contributed by atoms with Crippen LogP contribution in [0, 0.1) is 13.8 Å². The Kier molecular flexibility index (Phi) is 7.41. The van der Waals surface area contributed by atoms with Gasteiger partial charge in [-0.3, -0.25) is 19.4 Å². The number of hydrogen-bond donors (Lipinski definition) is 0. The summed E-state index contributed by atoms with van der Waals surface area (Å²) >= 11 is 7.98. The summed E-state index contributed by atoms with van der Waals surface area (Å²) < 4.78 is 5.59. The van der Waals surface area contributed by atoms with E-state index in [0.29, 0.717) is 33.2 Å². The van der Waals surface area contributed by atoms with Gasteiger partial charge in [0.2, 0.25) is 5.91 Å². The van der Waals surface area contributed by atoms with Crippen molar-refractivity contribution in [2.24, 2.45) is 0 Å². The number of amides is 2. The predicted octanol–water partition coefficient (Wildman–Crippen LogP) is 4.68. The molecule has 1 fully saturated rings. The zero-order valence-corrected chi connectivity index (χ0v) is 19.7. The molecular weight excluding hydrogens is 438 g/mol. The van der Waals surface area contributed by atoms with Crippen LogP contribution in [0.2, 0.25) is 0 Å². The molecule has 0 unspecified atom stereocenters. The number of aryl methyl sites for hydroxylation is 1. The highest BCUT2D eigenvalue weighted by molar-refractivity contribution is 8.26. The Hall–Kier alpha value is -2.07. The third-order valence-corrected chi connectivity index (χ3v) is 6.94. The van der Waals surface area contributed by atoms with Crippen LogP contribution in [-0.4, -0.2) is 46.3 Å². The first kappa shape index (κ1) is 22.6. The fourth-order valence-electron chi connectivity index (χ4n) is 3.02. The summed E-state index contributed by atoms with van der Waals surface area (Å²) in [5, 5.41) is 2.41. The quantitative estimate of drug-likeness (QED) is 0.339. The lowest BCUT2D eigenvalue weighted by Gasteiger charge is -2.21. The van der Waals surface area contributed by atoms with Gasteiger partial charge in [-0.05, 0) is 43.5 Å². The number of thioether (sulfide) groups is 1. The minimum Gasteiger partial charge on any atom is -0.385 e. The van der Waals surface area contributed by atoms with Crippen LogP contribution in [-0.2, 0) is 14.3 Å². The minimum atomic E-state index is -0.117. The van der Waals surface area contributed by atoms with Crippen LogP contribution in [0.5, 0.6) is 0 Å². The van der Waals surface area contributed by atoms with Gasteiger partial charge in [0.05, 0.1) is 16.3 Å². The molecule has 0 bridgehead atoms. The van der Waals surface area contributed by atoms with Crippen molar-refractivity contribution >= 4 is 68.3 Å². The second kappa shape index (κ2) is 9.82. The number of rotatable bonds is 7. The van der Waals surface area contributed by atoms with Crippen molar-refractivity contribution < 1.29 is 14.3 Å². The largest absolute Gasteiger partial charge is 0.385 e. The van der Waals surface area contributed by atoms with Gasteiger partial charge in [0.1, 0.15) is 4.32 Å². The molecular formula is C21H23N3O3S3. The first-order valence-corrected chi connectivity index (χ1v) is 11.5. The van der Waals surface area contributed by atoms with Crippen molar-refractivity contribution in [1.82, 2.24) is 9.88 Å². The van der Waals surface area contributed by atoms with Crippen molar-refractivity contribution in [2.45, 2.75) is 27.2 Å². The van der Waals surface area contributed by atoms with Gasteiger partial charge >= 0.3 is 0 Å². The van der Waals surface area contributed by atoms with Gasteiger partial charge in [0.25, 0.3) is 5.91 Å². The number of benzene rings is 1. The van der Waals surface area contributed by atoms with Gasteiger partial charge < -0.3 is 4.74 Å². The van der Waals surface area contributed by atoms with Gasteiger partial charge in [-0.25, -0.2) is 4.98 Å². The van der Waals surface area contributed by atoms with E-state index < -0.39 is 0 Å². The van der Waals surface area contributed by atoms with E-state index in [9.17, 15) is 9.59 Å². The maximum atomic E-state index is 12.7. The van der Waals surface area contributed by atoms with Crippen LogP contribution >= 0.6 is 35.3 Å². The molecule has 1 aliphatic heterocycles. The van der Waals surface area contributed by atoms with E-state index in [1.165, 1.54) is 30.0 Å². The zero-order chi connectivity index (χ0) is 21.8. The molecule has 2 amide bonds. The Bertz CT molecular complexity index is 1020. The summed E-state index contributed by atoms with van der Waals surface area (Å²) in [5.74, 6) is -0.234. The molecule has 9 heteroatoms. The SMILES string of the molecule is COCCCN1C(=O)C(=Cc2csc(N(C(C)=O)c3cccc(C)c3C)n2)SC1=S. The number of methoxy groups -OCH3 is 1. The number of hydrogen-bond acceptors (Lipinski definition) is 7. The lowest BCUT2D eigenvalue weighted by molar-refractivity contribution is -0.122. The number of anilines is 2. The van der Waals surface area contributed by atoms with E-state index in [0.717, 1.165) is 23.2 Å². The highest BCUT2D eigenvalue weighted by atomic mass is 32.2. The number of aromatic nitrogens is 1. The van der Waals surface area contributed by atoms with Gasteiger partial charge in [-0.1, -0.05) is 36.1 Å². The van der Waals surface area contributed by atoms with E-state index in [-0.39, 0.29) is 11.8 Å². The van der Waals surface area contributed by atoms with Gasteiger partial charge in [0.15, 0.2) is 5.13 Å². The van der Waals surface area contributed by atoms with Gasteiger partial charge in [0, 0.05) is 32.6 Å². The lowest BCUT2D eigenvalue weighted by Crippen LogP contribution is -2.29. The van der Waals surface area contributed by atoms with Gasteiger partial charge in [-0.2, -0.15) is 0 Å². The molecule has 0 spiro atoms. The molecule has 3 rings (SSSR count). The molecule has 0 saturated carbocycles. The van der Waals surface area contributed by atoms with Crippen LogP contribution in [0.1, 0.15) is 30.2 Å². The lowest BCUT2D eigenvalue weighted by atomic mass is 10.1. The summed E-state index contributed by atoms with van der Waals surface area (Å²) in [7, 11) is 1.63. The molecule has 158 valence electrons. The number of carbonyl (C=O) groups is 2. The topological polar surface area (TPSA) is 62.7 Å². The molecule has 1 aliphatic rings. The van der Waals surface area contributed by atoms with Crippen molar-refractivity contribution in [3.8, 4) is 0 Å². The summed E-state index contributed by atoms with van der Waals surface area (Å²) in [6.45, 7) is 6.63. The minimum absolute atomic E-state index is 0.117. The molecule has 1 aromatic heterocycles. The molecule has 1 saturated heterocycles. The zero-order valence-electron chi connectivity index (χ0n) is 17.3. The highest BCUT2D eigenvalue weighted by Gasteiger charge is 2.32. The predicted molar refractivity (Wildman–Crippen MR) is 127 cm³/mol. The summed E-state index contributed by atoms with van der Waals surface area (Å²) in [6.07, 6.45) is 2.46. The fourth-order valence-corrected chi connectivity index (χ4v) is 5.16. The van der Waals surface area contributed by atoms with E-state index in [4.69, 9.17) is 17.0 Å². The number of nitrogens with zero attached hydrogens (tertiary/aromatic N) is 3. The maximum Gasteiger partial charge on any atom is 0.266 e. The molecule has 0 atom stereocenters. The first-order chi connectivity index (χ1) is 14.3. The monoisotopic (exact) mass is 461 g/mol. The summed E-state index contributed by atoms with van der Waals surface area (Å²) in [4.78, 5) is 33.4. The smallest absolute Gasteiger partial charge is 0.266 e. The Morgan fingerprint density at radius 3 is 2.83 bits per heavy atom. The molecule has 2 heterocycles. The second-order valence-corrected chi connectivity index (χ2v) is 9.32. The Morgan fingerprint density at radius 1 is 1.37 bits per heavy atom. The average molecular weight is 462 g/mol. The standard InChI is InChI=1S/C21H23N3O3S3/c1-13-7-5-8-17(14(13)2)24(15(3)25)20-22-16(12-29-20)11-18-19(26)23(21(28)30-18)9-6-10-27-4/h5,7-8,11-12H,6,9-10H2,1-4H3. The number of ether oxygens (including phenoxy) is 1. The number of thiocarbonyl (C=S) groups is 1. The number of thiazole rings is 1. The van der Waals surface area contributed by atoms with Gasteiger partial charge in [-0.15, -0.1) is 11.3 Å². The second-order valence-electron chi connectivity index (χ2n) is 6.81. The molecule has 30 heavy (non-hydrogen) atoms. The van der Waals surface area contributed by atoms with Crippen molar-refractivity contribution in [2.75, 3.05) is 25.2 Å². The maximum absolute atomic E-state index is 12.7. The van der Waals surface area contributed by atoms with Crippen molar-refractivity contribution in [3.63, 3.8) is 0 Å². The van der Waals surface area contributed by atoms with Crippen LogP contribution < -0.4 is 4.90 Å². The Labute approximate surface area is 189 Å². The van der Waals surface area contributed by atoms with Crippen LogP contribution in [0.3, 0.4) is 0 Å². The highest BCUT2D eigenvalue weighted by Crippen LogP contribution is 2.35. The number of carbonyl (C=O) groups excluding carboxylic acids is 2. The normalized spacial score (nSPS) is 15.3. The first-order valence-electron chi connectivity index (χ1n) is 9.40. The third-order valence-electron chi connectivity index (χ3n) is 4.72. The third kappa shape index (κ3) is 4.80. The Morgan fingerprint density at radius 2 is 2.13 bits per heavy atom. The Balaban J connectivity index is 1.85.